The largest absolute Gasteiger partial charge is 0.497 e. The Hall–Kier alpha value is -2.66. The minimum absolute atomic E-state index is 0.523. The van der Waals surface area contributed by atoms with Crippen molar-refractivity contribution in [1.29, 1.82) is 0 Å². The standard InChI is InChI=1S/C16H16N2O3/c1-21-14-9-7-12(8-10-14)11-17-18-16(20)15(19)13-5-3-2-4-6-13/h2-11,15,19H,1H3,(H,18,20)/b17-11-/t15-/m1/s1. The van der Waals surface area contributed by atoms with Gasteiger partial charge in [-0.2, -0.15) is 5.10 Å². The van der Waals surface area contributed by atoms with Crippen LogP contribution in [0.2, 0.25) is 0 Å². The van der Waals surface area contributed by atoms with E-state index in [9.17, 15) is 9.90 Å². The summed E-state index contributed by atoms with van der Waals surface area (Å²) in [6.45, 7) is 0. The van der Waals surface area contributed by atoms with Crippen LogP contribution < -0.4 is 10.2 Å². The second-order valence-electron chi connectivity index (χ2n) is 4.32. The van der Waals surface area contributed by atoms with Gasteiger partial charge in [-0.15, -0.1) is 0 Å². The minimum atomic E-state index is -1.24. The van der Waals surface area contributed by atoms with Gasteiger partial charge in [0.2, 0.25) is 0 Å². The number of nitrogens with one attached hydrogen (secondary N) is 1. The second kappa shape index (κ2) is 7.21. The van der Waals surface area contributed by atoms with Crippen LogP contribution in [0.4, 0.5) is 0 Å². The molecule has 0 aliphatic heterocycles. The number of amides is 1. The van der Waals surface area contributed by atoms with E-state index in [2.05, 4.69) is 10.5 Å². The maximum absolute atomic E-state index is 11.7. The van der Waals surface area contributed by atoms with Gasteiger partial charge in [-0.1, -0.05) is 30.3 Å². The van der Waals surface area contributed by atoms with Crippen LogP contribution in [0.15, 0.2) is 59.7 Å². The van der Waals surface area contributed by atoms with E-state index in [1.807, 2.05) is 18.2 Å². The fraction of sp³-hybridized carbons (Fsp3) is 0.125. The van der Waals surface area contributed by atoms with Gasteiger partial charge >= 0.3 is 0 Å². The highest BCUT2D eigenvalue weighted by atomic mass is 16.5. The SMILES string of the molecule is COc1ccc(/C=N\NC(=O)[C@H](O)c2ccccc2)cc1. The third-order valence-electron chi connectivity index (χ3n) is 2.87. The van der Waals surface area contributed by atoms with Crippen LogP contribution in [-0.2, 0) is 4.79 Å². The summed E-state index contributed by atoms with van der Waals surface area (Å²) in [7, 11) is 1.59. The summed E-state index contributed by atoms with van der Waals surface area (Å²) in [4.78, 5) is 11.7. The number of nitrogens with zero attached hydrogens (tertiary/aromatic N) is 1. The van der Waals surface area contributed by atoms with Gasteiger partial charge in [0.1, 0.15) is 5.75 Å². The summed E-state index contributed by atoms with van der Waals surface area (Å²) >= 11 is 0. The quantitative estimate of drug-likeness (QED) is 0.650. The first-order valence-corrected chi connectivity index (χ1v) is 6.40. The average molecular weight is 284 g/mol. The highest BCUT2D eigenvalue weighted by Crippen LogP contribution is 2.12. The Bertz CT molecular complexity index is 609. The van der Waals surface area contributed by atoms with Crippen molar-refractivity contribution in [1.82, 2.24) is 5.43 Å². The average Bonchev–Trinajstić information content (AvgIpc) is 2.55. The number of aliphatic hydroxyl groups is 1. The van der Waals surface area contributed by atoms with Gasteiger partial charge < -0.3 is 9.84 Å². The number of hydrogen-bond acceptors (Lipinski definition) is 4. The predicted octanol–water partition coefficient (Wildman–Crippen LogP) is 1.88. The van der Waals surface area contributed by atoms with E-state index in [1.165, 1.54) is 6.21 Å². The summed E-state index contributed by atoms with van der Waals surface area (Å²) in [6, 6.07) is 15.9. The molecule has 21 heavy (non-hydrogen) atoms. The molecule has 2 aromatic rings. The molecule has 0 heterocycles. The molecule has 5 nitrogen and oxygen atoms in total. The van der Waals surface area contributed by atoms with Crippen molar-refractivity contribution >= 4 is 12.1 Å². The van der Waals surface area contributed by atoms with Gasteiger partial charge in [-0.3, -0.25) is 4.79 Å². The van der Waals surface area contributed by atoms with Crippen LogP contribution in [0.25, 0.3) is 0 Å². The van der Waals surface area contributed by atoms with Gasteiger partial charge in [0, 0.05) is 0 Å². The summed E-state index contributed by atoms with van der Waals surface area (Å²) in [5.74, 6) is 0.168. The summed E-state index contributed by atoms with van der Waals surface area (Å²) in [6.07, 6.45) is 0.258. The molecule has 0 aliphatic rings. The number of carbonyl (C=O) groups excluding carboxylic acids is 1. The predicted molar refractivity (Wildman–Crippen MR) is 80.1 cm³/mol. The Balaban J connectivity index is 1.92. The number of ether oxygens (including phenoxy) is 1. The van der Waals surface area contributed by atoms with Crippen LogP contribution >= 0.6 is 0 Å². The third kappa shape index (κ3) is 4.15. The Kier molecular flexibility index (Phi) is 5.06. The third-order valence-corrected chi connectivity index (χ3v) is 2.87. The molecule has 1 amide bonds. The van der Waals surface area contributed by atoms with E-state index >= 15 is 0 Å². The van der Waals surface area contributed by atoms with Gasteiger partial charge in [-0.05, 0) is 35.4 Å². The number of aliphatic hydroxyl groups excluding tert-OH is 1. The van der Waals surface area contributed by atoms with E-state index in [1.54, 1.807) is 43.5 Å². The zero-order valence-corrected chi connectivity index (χ0v) is 11.6. The molecule has 0 aliphatic carbocycles. The van der Waals surface area contributed by atoms with Crippen molar-refractivity contribution in [2.75, 3.05) is 7.11 Å². The fourth-order valence-electron chi connectivity index (χ4n) is 1.71. The van der Waals surface area contributed by atoms with Crippen molar-refractivity contribution in [3.8, 4) is 5.75 Å². The first kappa shape index (κ1) is 14.7. The van der Waals surface area contributed by atoms with Crippen molar-refractivity contribution < 1.29 is 14.6 Å². The van der Waals surface area contributed by atoms with E-state index in [0.29, 0.717) is 5.56 Å². The Morgan fingerprint density at radius 3 is 2.48 bits per heavy atom. The summed E-state index contributed by atoms with van der Waals surface area (Å²) in [5, 5.41) is 13.7. The molecular formula is C16H16N2O3. The fourth-order valence-corrected chi connectivity index (χ4v) is 1.71. The van der Waals surface area contributed by atoms with Crippen molar-refractivity contribution in [3.05, 3.63) is 65.7 Å². The van der Waals surface area contributed by atoms with Gasteiger partial charge in [0.15, 0.2) is 6.10 Å². The van der Waals surface area contributed by atoms with Crippen LogP contribution in [0.1, 0.15) is 17.2 Å². The molecule has 0 spiro atoms. The van der Waals surface area contributed by atoms with Crippen LogP contribution in [0.3, 0.4) is 0 Å². The Labute approximate surface area is 122 Å². The molecule has 2 aromatic carbocycles. The van der Waals surface area contributed by atoms with E-state index in [0.717, 1.165) is 11.3 Å². The minimum Gasteiger partial charge on any atom is -0.497 e. The lowest BCUT2D eigenvalue weighted by atomic mass is 10.1. The maximum atomic E-state index is 11.7. The number of rotatable bonds is 5. The molecule has 0 radical (unpaired) electrons. The molecule has 1 atom stereocenters. The van der Waals surface area contributed by atoms with Crippen molar-refractivity contribution in [2.24, 2.45) is 5.10 Å². The first-order valence-electron chi connectivity index (χ1n) is 6.40. The molecule has 5 heteroatoms. The van der Waals surface area contributed by atoms with Gasteiger partial charge in [0.25, 0.3) is 5.91 Å². The number of benzene rings is 2. The lowest BCUT2D eigenvalue weighted by molar-refractivity contribution is -0.129. The summed E-state index contributed by atoms with van der Waals surface area (Å²) < 4.78 is 5.05. The van der Waals surface area contributed by atoms with Crippen LogP contribution in [0.5, 0.6) is 5.75 Å². The van der Waals surface area contributed by atoms with Gasteiger partial charge in [-0.25, -0.2) is 5.43 Å². The monoisotopic (exact) mass is 284 g/mol. The summed E-state index contributed by atoms with van der Waals surface area (Å²) in [5.41, 5.74) is 3.64. The van der Waals surface area contributed by atoms with Crippen LogP contribution in [-0.4, -0.2) is 24.3 Å². The zero-order chi connectivity index (χ0) is 15.1. The van der Waals surface area contributed by atoms with Crippen molar-refractivity contribution in [2.45, 2.75) is 6.10 Å². The lowest BCUT2D eigenvalue weighted by Crippen LogP contribution is -2.25. The number of carbonyl (C=O) groups is 1. The normalized spacial score (nSPS) is 12.1. The molecule has 108 valence electrons. The van der Waals surface area contributed by atoms with E-state index in [4.69, 9.17) is 4.74 Å². The molecule has 0 saturated heterocycles. The maximum Gasteiger partial charge on any atom is 0.273 e. The first-order chi connectivity index (χ1) is 10.2. The highest BCUT2D eigenvalue weighted by molar-refractivity contribution is 5.85. The molecule has 0 bridgehead atoms. The Morgan fingerprint density at radius 2 is 1.86 bits per heavy atom. The Morgan fingerprint density at radius 1 is 1.19 bits per heavy atom. The smallest absolute Gasteiger partial charge is 0.273 e. The molecule has 0 aromatic heterocycles. The van der Waals surface area contributed by atoms with Crippen molar-refractivity contribution in [3.63, 3.8) is 0 Å². The molecule has 2 N–H and O–H groups in total. The number of methoxy groups -OCH3 is 1. The van der Waals surface area contributed by atoms with E-state index < -0.39 is 12.0 Å². The number of hydrogen-bond donors (Lipinski definition) is 2. The molecule has 0 saturated carbocycles. The number of hydrazone groups is 1. The lowest BCUT2D eigenvalue weighted by Gasteiger charge is -2.08. The van der Waals surface area contributed by atoms with E-state index in [-0.39, 0.29) is 0 Å². The highest BCUT2D eigenvalue weighted by Gasteiger charge is 2.15. The topological polar surface area (TPSA) is 70.9 Å². The molecule has 0 unspecified atom stereocenters. The molecular weight excluding hydrogens is 268 g/mol. The second-order valence-corrected chi connectivity index (χ2v) is 4.32. The van der Waals surface area contributed by atoms with Crippen LogP contribution in [0, 0.1) is 0 Å². The zero-order valence-electron chi connectivity index (χ0n) is 11.6. The molecule has 0 fully saturated rings. The van der Waals surface area contributed by atoms with Gasteiger partial charge in [0.05, 0.1) is 13.3 Å². The molecule has 2 rings (SSSR count).